The smallest absolute Gasteiger partial charge is 0.389 e. The van der Waals surface area contributed by atoms with Gasteiger partial charge < -0.3 is 19.8 Å². The van der Waals surface area contributed by atoms with E-state index in [0.717, 1.165) is 10.9 Å². The van der Waals surface area contributed by atoms with Gasteiger partial charge >= 0.3 is 6.18 Å². The van der Waals surface area contributed by atoms with Crippen LogP contribution in [-0.4, -0.2) is 66.5 Å². The average molecular weight is 411 g/mol. The number of imidazole rings is 1. The number of aliphatic hydroxyl groups is 2. The second-order valence-electron chi connectivity index (χ2n) is 7.69. The summed E-state index contributed by atoms with van der Waals surface area (Å²) in [7, 11) is 0. The third-order valence-corrected chi connectivity index (χ3v) is 5.62. The fourth-order valence-electron chi connectivity index (χ4n) is 4.37. The summed E-state index contributed by atoms with van der Waals surface area (Å²) in [6.07, 6.45) is -1.84. The molecule has 0 saturated carbocycles. The molecule has 0 aromatic carbocycles. The number of pyridine rings is 1. The minimum absolute atomic E-state index is 0.00731. The SMILES string of the molecule is CC(O)c1nc2cnc3[nH]ccc3c2n1[C@H]1C[C@@H](CO)N(CCCC(F)(F)F)C1. The molecule has 4 heterocycles. The Morgan fingerprint density at radius 1 is 1.38 bits per heavy atom. The molecule has 3 aromatic rings. The van der Waals surface area contributed by atoms with Gasteiger partial charge in [0.15, 0.2) is 0 Å². The highest BCUT2D eigenvalue weighted by Gasteiger charge is 2.36. The Labute approximate surface area is 165 Å². The van der Waals surface area contributed by atoms with E-state index < -0.39 is 18.7 Å². The molecule has 0 amide bonds. The van der Waals surface area contributed by atoms with Crippen molar-refractivity contribution < 1.29 is 23.4 Å². The molecule has 0 radical (unpaired) electrons. The Balaban J connectivity index is 1.68. The van der Waals surface area contributed by atoms with E-state index in [-0.39, 0.29) is 31.7 Å². The number of H-pyrrole nitrogens is 1. The Morgan fingerprint density at radius 3 is 2.86 bits per heavy atom. The van der Waals surface area contributed by atoms with Gasteiger partial charge in [-0.3, -0.25) is 4.90 Å². The fraction of sp³-hybridized carbons (Fsp3) is 0.579. The first-order valence-corrected chi connectivity index (χ1v) is 9.72. The van der Waals surface area contributed by atoms with Crippen molar-refractivity contribution in [2.45, 2.75) is 50.6 Å². The Morgan fingerprint density at radius 2 is 2.17 bits per heavy atom. The number of hydrogen-bond donors (Lipinski definition) is 3. The zero-order valence-corrected chi connectivity index (χ0v) is 16.0. The lowest BCUT2D eigenvalue weighted by Crippen LogP contribution is -2.33. The number of likely N-dealkylation sites (tertiary alicyclic amines) is 1. The van der Waals surface area contributed by atoms with Crippen molar-refractivity contribution in [3.63, 3.8) is 0 Å². The number of rotatable bonds is 6. The van der Waals surface area contributed by atoms with Crippen LogP contribution in [0.15, 0.2) is 18.5 Å². The number of aromatic amines is 1. The Hall–Kier alpha value is -2.17. The predicted molar refractivity (Wildman–Crippen MR) is 101 cm³/mol. The van der Waals surface area contributed by atoms with E-state index in [0.29, 0.717) is 30.0 Å². The first-order chi connectivity index (χ1) is 13.8. The number of nitrogens with zero attached hydrogens (tertiary/aromatic N) is 4. The highest BCUT2D eigenvalue weighted by molar-refractivity contribution is 6.01. The largest absolute Gasteiger partial charge is 0.395 e. The molecule has 1 unspecified atom stereocenters. The maximum atomic E-state index is 12.5. The van der Waals surface area contributed by atoms with Gasteiger partial charge in [0.1, 0.15) is 23.1 Å². The Kier molecular flexibility index (Phi) is 5.26. The number of halogens is 3. The maximum absolute atomic E-state index is 12.5. The van der Waals surface area contributed by atoms with Crippen molar-refractivity contribution in [1.82, 2.24) is 24.4 Å². The summed E-state index contributed by atoms with van der Waals surface area (Å²) in [4.78, 5) is 13.9. The van der Waals surface area contributed by atoms with Gasteiger partial charge in [-0.15, -0.1) is 0 Å². The average Bonchev–Trinajstić information content (AvgIpc) is 3.35. The summed E-state index contributed by atoms with van der Waals surface area (Å²) in [6.45, 7) is 2.26. The van der Waals surface area contributed by atoms with Gasteiger partial charge in [-0.2, -0.15) is 13.2 Å². The van der Waals surface area contributed by atoms with Crippen molar-refractivity contribution >= 4 is 22.1 Å². The molecule has 0 bridgehead atoms. The van der Waals surface area contributed by atoms with Crippen molar-refractivity contribution in [2.24, 2.45) is 0 Å². The lowest BCUT2D eigenvalue weighted by Gasteiger charge is -2.22. The molecule has 1 aliphatic heterocycles. The van der Waals surface area contributed by atoms with Crippen LogP contribution in [0.2, 0.25) is 0 Å². The van der Waals surface area contributed by atoms with E-state index in [2.05, 4.69) is 15.0 Å². The first-order valence-electron chi connectivity index (χ1n) is 9.72. The molecule has 3 atom stereocenters. The van der Waals surface area contributed by atoms with Gasteiger partial charge in [0.2, 0.25) is 0 Å². The normalized spacial score (nSPS) is 22.1. The van der Waals surface area contributed by atoms with E-state index in [1.807, 2.05) is 15.5 Å². The van der Waals surface area contributed by atoms with Crippen molar-refractivity contribution in [3.8, 4) is 0 Å². The fourth-order valence-corrected chi connectivity index (χ4v) is 4.37. The second kappa shape index (κ2) is 7.58. The standard InChI is InChI=1S/C19H24F3N5O2/c1-11(29)18-25-15-8-24-17-14(3-5-23-17)16(15)27(18)12-7-13(10-28)26(9-12)6-2-4-19(20,21)22/h3,5,8,11-13,28-29H,2,4,6-7,9-10H2,1H3,(H,23,24)/t11?,12-,13-/m0/s1. The summed E-state index contributed by atoms with van der Waals surface area (Å²) in [5, 5.41) is 21.0. The molecule has 4 rings (SSSR count). The number of aliphatic hydroxyl groups excluding tert-OH is 2. The molecule has 3 N–H and O–H groups in total. The van der Waals surface area contributed by atoms with Crippen LogP contribution >= 0.6 is 0 Å². The van der Waals surface area contributed by atoms with Crippen molar-refractivity contribution in [2.75, 3.05) is 19.7 Å². The van der Waals surface area contributed by atoms with Gasteiger partial charge in [-0.25, -0.2) is 9.97 Å². The molecule has 7 nitrogen and oxygen atoms in total. The lowest BCUT2D eigenvalue weighted by atomic mass is 10.1. The molecule has 0 spiro atoms. The molecule has 0 aliphatic carbocycles. The molecule has 3 aromatic heterocycles. The summed E-state index contributed by atoms with van der Waals surface area (Å²) < 4.78 is 39.6. The summed E-state index contributed by atoms with van der Waals surface area (Å²) in [5.74, 6) is 0.495. The predicted octanol–water partition coefficient (Wildman–Crippen LogP) is 2.92. The topological polar surface area (TPSA) is 90.2 Å². The minimum atomic E-state index is -4.18. The molecule has 158 valence electrons. The number of nitrogens with one attached hydrogen (secondary N) is 1. The molecule has 1 saturated heterocycles. The van der Waals surface area contributed by atoms with E-state index >= 15 is 0 Å². The van der Waals surface area contributed by atoms with E-state index in [4.69, 9.17) is 0 Å². The second-order valence-corrected chi connectivity index (χ2v) is 7.69. The van der Waals surface area contributed by atoms with Gasteiger partial charge in [-0.05, 0) is 32.4 Å². The van der Waals surface area contributed by atoms with Crippen LogP contribution in [0.25, 0.3) is 22.1 Å². The van der Waals surface area contributed by atoms with Crippen LogP contribution < -0.4 is 0 Å². The van der Waals surface area contributed by atoms with Crippen LogP contribution in [0.5, 0.6) is 0 Å². The number of hydrogen-bond acceptors (Lipinski definition) is 5. The van der Waals surface area contributed by atoms with Crippen LogP contribution in [-0.2, 0) is 0 Å². The van der Waals surface area contributed by atoms with E-state index in [1.165, 1.54) is 0 Å². The van der Waals surface area contributed by atoms with Crippen molar-refractivity contribution in [1.29, 1.82) is 0 Å². The Bertz CT molecular complexity index is 997. The van der Waals surface area contributed by atoms with Crippen LogP contribution in [0, 0.1) is 0 Å². The highest BCUT2D eigenvalue weighted by Crippen LogP contribution is 2.36. The molecular weight excluding hydrogens is 387 g/mol. The van der Waals surface area contributed by atoms with Crippen molar-refractivity contribution in [3.05, 3.63) is 24.3 Å². The first kappa shape index (κ1) is 20.1. The van der Waals surface area contributed by atoms with Gasteiger partial charge in [0.25, 0.3) is 0 Å². The van der Waals surface area contributed by atoms with E-state index in [1.54, 1.807) is 19.3 Å². The monoisotopic (exact) mass is 411 g/mol. The summed E-state index contributed by atoms with van der Waals surface area (Å²) in [5.41, 5.74) is 2.20. The summed E-state index contributed by atoms with van der Waals surface area (Å²) in [6, 6.07) is 1.55. The maximum Gasteiger partial charge on any atom is 0.389 e. The van der Waals surface area contributed by atoms with Crippen LogP contribution in [0.4, 0.5) is 13.2 Å². The zero-order chi connectivity index (χ0) is 20.8. The lowest BCUT2D eigenvalue weighted by molar-refractivity contribution is -0.136. The third-order valence-electron chi connectivity index (χ3n) is 5.62. The highest BCUT2D eigenvalue weighted by atomic mass is 19.4. The molecule has 1 fully saturated rings. The number of alkyl halides is 3. The third kappa shape index (κ3) is 3.84. The van der Waals surface area contributed by atoms with Crippen LogP contribution in [0.3, 0.4) is 0 Å². The molecular formula is C19H24F3N5O2. The summed E-state index contributed by atoms with van der Waals surface area (Å²) >= 11 is 0. The quantitative estimate of drug-likeness (QED) is 0.580. The van der Waals surface area contributed by atoms with Gasteiger partial charge in [0.05, 0.1) is 18.3 Å². The van der Waals surface area contributed by atoms with Crippen LogP contribution in [0.1, 0.15) is 44.2 Å². The van der Waals surface area contributed by atoms with E-state index in [9.17, 15) is 23.4 Å². The number of aromatic nitrogens is 4. The van der Waals surface area contributed by atoms with Gasteiger partial charge in [0, 0.05) is 36.6 Å². The van der Waals surface area contributed by atoms with Gasteiger partial charge in [-0.1, -0.05) is 0 Å². The number of fused-ring (bicyclic) bond motifs is 3. The zero-order valence-electron chi connectivity index (χ0n) is 16.0. The molecule has 1 aliphatic rings. The molecule has 29 heavy (non-hydrogen) atoms. The minimum Gasteiger partial charge on any atom is -0.395 e. The molecule has 10 heteroatoms.